The highest BCUT2D eigenvalue weighted by molar-refractivity contribution is 5.62. The van der Waals surface area contributed by atoms with Gasteiger partial charge in [0.15, 0.2) is 5.65 Å². The second kappa shape index (κ2) is 3.46. The van der Waals surface area contributed by atoms with E-state index in [1.54, 1.807) is 0 Å². The summed E-state index contributed by atoms with van der Waals surface area (Å²) < 4.78 is 54.1. The molecule has 2 aromatic rings. The molecule has 0 unspecified atom stereocenters. The molecule has 0 radical (unpaired) electrons. The molecule has 1 aliphatic heterocycles. The summed E-state index contributed by atoms with van der Waals surface area (Å²) in [6.45, 7) is 2.87. The van der Waals surface area contributed by atoms with Crippen molar-refractivity contribution < 1.29 is 17.6 Å². The van der Waals surface area contributed by atoms with Crippen molar-refractivity contribution in [1.29, 1.82) is 0 Å². The van der Waals surface area contributed by atoms with Crippen LogP contribution in [0.25, 0.3) is 5.65 Å². The normalized spacial score (nSPS) is 22.3. The van der Waals surface area contributed by atoms with Crippen molar-refractivity contribution >= 4 is 11.3 Å². The van der Waals surface area contributed by atoms with Crippen molar-refractivity contribution in [3.05, 3.63) is 36.6 Å². The highest BCUT2D eigenvalue weighted by atomic mass is 19.4. The predicted octanol–water partition coefficient (Wildman–Crippen LogP) is 2.28. The fourth-order valence-corrected chi connectivity index (χ4v) is 2.30. The molecule has 8 heteroatoms. The Morgan fingerprint density at radius 2 is 2.21 bits per heavy atom. The van der Waals surface area contributed by atoms with Crippen LogP contribution in [-0.2, 0) is 5.41 Å². The van der Waals surface area contributed by atoms with Gasteiger partial charge in [0.05, 0.1) is 17.6 Å². The van der Waals surface area contributed by atoms with Gasteiger partial charge in [-0.25, -0.2) is 9.50 Å². The molecule has 0 saturated heterocycles. The summed E-state index contributed by atoms with van der Waals surface area (Å²) in [7, 11) is 0. The fraction of sp³-hybridized carbons (Fsp3) is 0.273. The minimum absolute atomic E-state index is 0.0235. The average molecular weight is 272 g/mol. The largest absolute Gasteiger partial charge is 0.405 e. The van der Waals surface area contributed by atoms with Gasteiger partial charge in [-0.1, -0.05) is 6.08 Å². The summed E-state index contributed by atoms with van der Waals surface area (Å²) in [5.74, 6) is -0.882. The van der Waals surface area contributed by atoms with Crippen molar-refractivity contribution in [3.63, 3.8) is 0 Å². The SMILES string of the molecule is C=C[C@@]1(C(F)(F)F)CNc2cnc3cc(F)nn3c21. The Morgan fingerprint density at radius 3 is 2.84 bits per heavy atom. The minimum atomic E-state index is -4.57. The number of nitrogens with one attached hydrogen (secondary N) is 1. The summed E-state index contributed by atoms with van der Waals surface area (Å²) in [4.78, 5) is 3.85. The zero-order chi connectivity index (χ0) is 13.8. The lowest BCUT2D eigenvalue weighted by molar-refractivity contribution is -0.171. The Hall–Kier alpha value is -2.12. The first kappa shape index (κ1) is 11.9. The summed E-state index contributed by atoms with van der Waals surface area (Å²) in [5.41, 5.74) is -2.30. The standard InChI is InChI=1S/C11H8F4N4/c1-2-10(11(13,14)15)5-17-6-4-16-8-3-7(12)18-19(8)9(6)10/h2-4,17H,1,5H2/t10-/m1/s1. The highest BCUT2D eigenvalue weighted by Gasteiger charge is 2.59. The van der Waals surface area contributed by atoms with Gasteiger partial charge in [-0.2, -0.15) is 17.6 Å². The zero-order valence-corrected chi connectivity index (χ0v) is 9.50. The van der Waals surface area contributed by atoms with E-state index in [9.17, 15) is 17.6 Å². The van der Waals surface area contributed by atoms with Crippen molar-refractivity contribution in [2.24, 2.45) is 0 Å². The lowest BCUT2D eigenvalue weighted by Crippen LogP contribution is -2.43. The predicted molar refractivity (Wildman–Crippen MR) is 59.4 cm³/mol. The van der Waals surface area contributed by atoms with Crippen LogP contribution in [0.1, 0.15) is 5.69 Å². The van der Waals surface area contributed by atoms with Crippen LogP contribution in [0.15, 0.2) is 24.9 Å². The number of nitrogens with zero attached hydrogens (tertiary/aromatic N) is 3. The number of rotatable bonds is 1. The fourth-order valence-electron chi connectivity index (χ4n) is 2.30. The first-order valence-corrected chi connectivity index (χ1v) is 5.38. The number of hydrogen-bond donors (Lipinski definition) is 1. The Bertz CT molecular complexity index is 675. The Balaban J connectivity index is 2.39. The summed E-state index contributed by atoms with van der Waals surface area (Å²) in [6.07, 6.45) is -2.52. The molecule has 4 nitrogen and oxygen atoms in total. The van der Waals surface area contributed by atoms with E-state index in [4.69, 9.17) is 0 Å². The topological polar surface area (TPSA) is 42.2 Å². The first-order chi connectivity index (χ1) is 8.89. The number of aromatic nitrogens is 3. The van der Waals surface area contributed by atoms with Crippen LogP contribution in [0, 0.1) is 5.95 Å². The zero-order valence-electron chi connectivity index (χ0n) is 9.50. The van der Waals surface area contributed by atoms with Gasteiger partial charge in [0.1, 0.15) is 5.41 Å². The maximum absolute atomic E-state index is 13.4. The van der Waals surface area contributed by atoms with E-state index < -0.39 is 24.1 Å². The van der Waals surface area contributed by atoms with Gasteiger partial charge in [0.25, 0.3) is 0 Å². The lowest BCUT2D eigenvalue weighted by atomic mass is 9.85. The molecule has 1 atom stereocenters. The Kier molecular flexibility index (Phi) is 2.17. The molecule has 100 valence electrons. The number of halogens is 4. The van der Waals surface area contributed by atoms with Crippen molar-refractivity contribution in [2.45, 2.75) is 11.6 Å². The second-order valence-corrected chi connectivity index (χ2v) is 4.28. The third kappa shape index (κ3) is 1.39. The van der Waals surface area contributed by atoms with E-state index >= 15 is 0 Å². The lowest BCUT2D eigenvalue weighted by Gasteiger charge is -2.27. The van der Waals surface area contributed by atoms with E-state index in [2.05, 4.69) is 22.0 Å². The van der Waals surface area contributed by atoms with Crippen LogP contribution in [-0.4, -0.2) is 27.3 Å². The molecule has 0 spiro atoms. The van der Waals surface area contributed by atoms with Crippen LogP contribution in [0.3, 0.4) is 0 Å². The Labute approximate surface area is 104 Å². The van der Waals surface area contributed by atoms with E-state index in [-0.39, 0.29) is 17.0 Å². The van der Waals surface area contributed by atoms with Gasteiger partial charge in [-0.3, -0.25) is 0 Å². The molecule has 0 amide bonds. The van der Waals surface area contributed by atoms with Crippen LogP contribution in [0.4, 0.5) is 23.2 Å². The molecule has 19 heavy (non-hydrogen) atoms. The molecule has 0 aromatic carbocycles. The summed E-state index contributed by atoms with van der Waals surface area (Å²) >= 11 is 0. The second-order valence-electron chi connectivity index (χ2n) is 4.28. The van der Waals surface area contributed by atoms with Crippen LogP contribution in [0.5, 0.6) is 0 Å². The minimum Gasteiger partial charge on any atom is -0.381 e. The van der Waals surface area contributed by atoms with Gasteiger partial charge in [-0.05, 0) is 0 Å². The third-order valence-electron chi connectivity index (χ3n) is 3.29. The van der Waals surface area contributed by atoms with Crippen molar-refractivity contribution in [1.82, 2.24) is 14.6 Å². The highest BCUT2D eigenvalue weighted by Crippen LogP contribution is 2.48. The van der Waals surface area contributed by atoms with Crippen molar-refractivity contribution in [2.75, 3.05) is 11.9 Å². The third-order valence-corrected chi connectivity index (χ3v) is 3.29. The van der Waals surface area contributed by atoms with E-state index in [0.29, 0.717) is 0 Å². The molecule has 0 saturated carbocycles. The molecule has 1 aliphatic rings. The first-order valence-electron chi connectivity index (χ1n) is 5.38. The molecule has 1 N–H and O–H groups in total. The molecule has 3 heterocycles. The van der Waals surface area contributed by atoms with E-state index in [0.717, 1.165) is 16.7 Å². The quantitative estimate of drug-likeness (QED) is 0.639. The summed E-state index contributed by atoms with van der Waals surface area (Å²) in [6, 6.07) is 0.975. The molecule has 2 aromatic heterocycles. The Morgan fingerprint density at radius 1 is 1.47 bits per heavy atom. The monoisotopic (exact) mass is 272 g/mol. The molecule has 0 aliphatic carbocycles. The van der Waals surface area contributed by atoms with Crippen LogP contribution >= 0.6 is 0 Å². The number of hydrogen-bond acceptors (Lipinski definition) is 3. The van der Waals surface area contributed by atoms with Gasteiger partial charge in [0, 0.05) is 12.6 Å². The maximum atomic E-state index is 13.4. The van der Waals surface area contributed by atoms with Gasteiger partial charge >= 0.3 is 6.18 Å². The van der Waals surface area contributed by atoms with Crippen LogP contribution in [0.2, 0.25) is 0 Å². The number of alkyl halides is 3. The van der Waals surface area contributed by atoms with Gasteiger partial charge in [-0.15, -0.1) is 11.7 Å². The number of anilines is 1. The molecule has 0 fully saturated rings. The van der Waals surface area contributed by atoms with Gasteiger partial charge in [0.2, 0.25) is 5.95 Å². The van der Waals surface area contributed by atoms with E-state index in [1.807, 2.05) is 0 Å². The average Bonchev–Trinajstić information content (AvgIpc) is 2.86. The van der Waals surface area contributed by atoms with E-state index in [1.165, 1.54) is 6.20 Å². The molecule has 0 bridgehead atoms. The maximum Gasteiger partial charge on any atom is 0.405 e. The number of fused-ring (bicyclic) bond motifs is 3. The van der Waals surface area contributed by atoms with Gasteiger partial charge < -0.3 is 5.32 Å². The smallest absolute Gasteiger partial charge is 0.381 e. The molecular formula is C11H8F4N4. The van der Waals surface area contributed by atoms with Crippen LogP contribution < -0.4 is 5.32 Å². The molecule has 3 rings (SSSR count). The summed E-state index contributed by atoms with van der Waals surface area (Å²) in [5, 5.41) is 6.05. The molecular weight excluding hydrogens is 264 g/mol. The van der Waals surface area contributed by atoms with Crippen molar-refractivity contribution in [3.8, 4) is 0 Å².